The molecule has 126 valence electrons. The first-order valence-corrected chi connectivity index (χ1v) is 9.20. The molecule has 9 heteroatoms. The minimum absolute atomic E-state index is 0.236. The van der Waals surface area contributed by atoms with Gasteiger partial charge in [-0.15, -0.1) is 24.9 Å². The van der Waals surface area contributed by atoms with Gasteiger partial charge in [0, 0.05) is 4.90 Å². The number of nitrogens with two attached hydrogens (primary N) is 1. The van der Waals surface area contributed by atoms with E-state index in [1.54, 1.807) is 6.92 Å². The highest BCUT2D eigenvalue weighted by Crippen LogP contribution is 2.39. The van der Waals surface area contributed by atoms with Gasteiger partial charge in [-0.2, -0.15) is 0 Å². The Bertz CT molecular complexity index is 616. The Balaban J connectivity index is 3.51. The molecule has 0 saturated carbocycles. The zero-order chi connectivity index (χ0) is 17.0. The molecule has 0 spiro atoms. The van der Waals surface area contributed by atoms with E-state index >= 15 is 0 Å². The number of ether oxygens (including phenoxy) is 1. The molecule has 0 amide bonds. The van der Waals surface area contributed by atoms with Gasteiger partial charge < -0.3 is 4.74 Å². The third kappa shape index (κ3) is 5.36. The molecule has 0 aliphatic heterocycles. The summed E-state index contributed by atoms with van der Waals surface area (Å²) in [4.78, 5) is -0.356. The second-order valence-corrected chi connectivity index (χ2v) is 7.28. The van der Waals surface area contributed by atoms with Crippen molar-refractivity contribution in [3.05, 3.63) is 17.7 Å². The van der Waals surface area contributed by atoms with Gasteiger partial charge in [-0.1, -0.05) is 26.3 Å². The molecule has 0 fully saturated rings. The first-order chi connectivity index (χ1) is 10.1. The van der Waals surface area contributed by atoms with Gasteiger partial charge in [0.2, 0.25) is 10.0 Å². The fourth-order valence-electron chi connectivity index (χ4n) is 1.93. The van der Waals surface area contributed by atoms with E-state index in [1.807, 2.05) is 6.92 Å². The van der Waals surface area contributed by atoms with Crippen LogP contribution in [0.3, 0.4) is 0 Å². The molecule has 0 bridgehead atoms. The van der Waals surface area contributed by atoms with Crippen LogP contribution in [0.4, 0.5) is 13.2 Å². The number of sulfonamides is 1. The molecule has 0 aromatic heterocycles. The van der Waals surface area contributed by atoms with Gasteiger partial charge in [-0.3, -0.25) is 0 Å². The maximum atomic E-state index is 12.5. The molecule has 4 nitrogen and oxygen atoms in total. The second kappa shape index (κ2) is 7.56. The third-order valence-electron chi connectivity index (χ3n) is 2.76. The first-order valence-electron chi connectivity index (χ1n) is 6.67. The van der Waals surface area contributed by atoms with E-state index in [1.165, 1.54) is 6.07 Å². The van der Waals surface area contributed by atoms with Crippen LogP contribution in [0, 0.1) is 0 Å². The van der Waals surface area contributed by atoms with Crippen LogP contribution in [0.25, 0.3) is 0 Å². The number of primary sulfonamides is 1. The zero-order valence-electron chi connectivity index (χ0n) is 12.2. The number of rotatable bonds is 7. The molecule has 0 radical (unpaired) electrons. The third-order valence-corrected chi connectivity index (χ3v) is 4.90. The van der Waals surface area contributed by atoms with E-state index in [0.717, 1.165) is 30.7 Å². The van der Waals surface area contributed by atoms with Gasteiger partial charge in [0.25, 0.3) is 0 Å². The van der Waals surface area contributed by atoms with Gasteiger partial charge in [-0.25, -0.2) is 13.6 Å². The van der Waals surface area contributed by atoms with E-state index in [0.29, 0.717) is 17.7 Å². The Morgan fingerprint density at radius 3 is 2.36 bits per heavy atom. The maximum Gasteiger partial charge on any atom is 0.573 e. The SMILES string of the molecule is CCCCc1ccc(OC(F)(F)F)c(S(N)(=O)=O)c1SCC. The highest BCUT2D eigenvalue weighted by atomic mass is 32.2. The maximum absolute atomic E-state index is 12.5. The van der Waals surface area contributed by atoms with Gasteiger partial charge in [-0.05, 0) is 30.2 Å². The first kappa shape index (κ1) is 19.1. The minimum Gasteiger partial charge on any atom is -0.404 e. The molecule has 0 aliphatic carbocycles. The fourth-order valence-corrected chi connectivity index (χ4v) is 4.11. The van der Waals surface area contributed by atoms with E-state index < -0.39 is 27.0 Å². The van der Waals surface area contributed by atoms with Crippen molar-refractivity contribution >= 4 is 21.8 Å². The second-order valence-electron chi connectivity index (χ2n) is 4.51. The van der Waals surface area contributed by atoms with Crippen LogP contribution in [-0.4, -0.2) is 20.5 Å². The van der Waals surface area contributed by atoms with Crippen molar-refractivity contribution in [3.8, 4) is 5.75 Å². The molecule has 0 heterocycles. The van der Waals surface area contributed by atoms with Gasteiger partial charge in [0.15, 0.2) is 5.75 Å². The van der Waals surface area contributed by atoms with Crippen LogP contribution < -0.4 is 9.88 Å². The van der Waals surface area contributed by atoms with Crippen LogP contribution in [0.1, 0.15) is 32.3 Å². The fraction of sp³-hybridized carbons (Fsp3) is 0.538. The summed E-state index contributed by atoms with van der Waals surface area (Å²) >= 11 is 1.14. The summed E-state index contributed by atoms with van der Waals surface area (Å²) in [7, 11) is -4.35. The monoisotopic (exact) mass is 357 g/mol. The molecule has 0 saturated heterocycles. The van der Waals surface area contributed by atoms with Crippen molar-refractivity contribution < 1.29 is 26.3 Å². The highest BCUT2D eigenvalue weighted by molar-refractivity contribution is 8.00. The highest BCUT2D eigenvalue weighted by Gasteiger charge is 2.35. The average molecular weight is 357 g/mol. The normalized spacial score (nSPS) is 12.5. The topological polar surface area (TPSA) is 69.4 Å². The van der Waals surface area contributed by atoms with Gasteiger partial charge in [0.1, 0.15) is 4.90 Å². The van der Waals surface area contributed by atoms with E-state index in [4.69, 9.17) is 5.14 Å². The summed E-state index contributed by atoms with van der Waals surface area (Å²) in [5.41, 5.74) is 0.659. The molecular formula is C13H18F3NO3S2. The van der Waals surface area contributed by atoms with Crippen LogP contribution >= 0.6 is 11.8 Å². The van der Waals surface area contributed by atoms with E-state index in [9.17, 15) is 21.6 Å². The number of aryl methyl sites for hydroxylation is 1. The van der Waals surface area contributed by atoms with Crippen LogP contribution in [0.2, 0.25) is 0 Å². The Hall–Kier alpha value is -0.930. The minimum atomic E-state index is -4.99. The van der Waals surface area contributed by atoms with Crippen molar-refractivity contribution in [1.82, 2.24) is 0 Å². The lowest BCUT2D eigenvalue weighted by Crippen LogP contribution is -2.22. The lowest BCUT2D eigenvalue weighted by Gasteiger charge is -2.18. The number of alkyl halides is 3. The molecule has 0 aliphatic rings. The number of benzene rings is 1. The quantitative estimate of drug-likeness (QED) is 0.756. The lowest BCUT2D eigenvalue weighted by molar-refractivity contribution is -0.275. The standard InChI is InChI=1S/C13H18F3NO3S2/c1-3-5-6-9-7-8-10(20-13(14,15)16)12(22(17,18)19)11(9)21-4-2/h7-8H,3-6H2,1-2H3,(H2,17,18,19). The Labute approximate surface area is 132 Å². The molecule has 2 N–H and O–H groups in total. The van der Waals surface area contributed by atoms with Gasteiger partial charge >= 0.3 is 6.36 Å². The molecule has 1 aromatic rings. The predicted molar refractivity (Wildman–Crippen MR) is 79.5 cm³/mol. The van der Waals surface area contributed by atoms with Crippen LogP contribution in [0.5, 0.6) is 5.75 Å². The number of thioether (sulfide) groups is 1. The number of unbranched alkanes of at least 4 members (excludes halogenated alkanes) is 1. The molecule has 0 atom stereocenters. The summed E-state index contributed by atoms with van der Waals surface area (Å²) in [5.74, 6) is -0.289. The molecule has 22 heavy (non-hydrogen) atoms. The van der Waals surface area contributed by atoms with Crippen molar-refractivity contribution in [2.45, 2.75) is 49.3 Å². The largest absolute Gasteiger partial charge is 0.573 e. The van der Waals surface area contributed by atoms with Crippen molar-refractivity contribution in [2.75, 3.05) is 5.75 Å². The summed E-state index contributed by atoms with van der Waals surface area (Å²) in [6.07, 6.45) is -2.76. The van der Waals surface area contributed by atoms with Crippen LogP contribution in [-0.2, 0) is 16.4 Å². The Morgan fingerprint density at radius 1 is 1.27 bits per heavy atom. The van der Waals surface area contributed by atoms with Crippen LogP contribution in [0.15, 0.2) is 21.9 Å². The summed E-state index contributed by atoms with van der Waals surface area (Å²) in [6.45, 7) is 3.74. The summed E-state index contributed by atoms with van der Waals surface area (Å²) < 4.78 is 64.8. The van der Waals surface area contributed by atoms with Crippen molar-refractivity contribution in [2.24, 2.45) is 5.14 Å². The number of hydrogen-bond acceptors (Lipinski definition) is 4. The lowest BCUT2D eigenvalue weighted by atomic mass is 10.1. The molecule has 0 unspecified atom stereocenters. The Morgan fingerprint density at radius 2 is 1.91 bits per heavy atom. The number of hydrogen-bond donors (Lipinski definition) is 1. The molecule has 1 aromatic carbocycles. The molecular weight excluding hydrogens is 339 g/mol. The summed E-state index contributed by atoms with van der Waals surface area (Å²) in [6, 6.07) is 2.47. The van der Waals surface area contributed by atoms with E-state index in [-0.39, 0.29) is 4.90 Å². The summed E-state index contributed by atoms with van der Waals surface area (Å²) in [5, 5.41) is 5.12. The van der Waals surface area contributed by atoms with Crippen molar-refractivity contribution in [3.63, 3.8) is 0 Å². The molecule has 1 rings (SSSR count). The zero-order valence-corrected chi connectivity index (χ0v) is 13.9. The van der Waals surface area contributed by atoms with Gasteiger partial charge in [0.05, 0.1) is 0 Å². The Kier molecular flexibility index (Phi) is 6.57. The number of halogens is 3. The smallest absolute Gasteiger partial charge is 0.404 e. The van der Waals surface area contributed by atoms with E-state index in [2.05, 4.69) is 4.74 Å². The van der Waals surface area contributed by atoms with Crippen molar-refractivity contribution in [1.29, 1.82) is 0 Å². The predicted octanol–water partition coefficient (Wildman–Crippen LogP) is 3.69. The average Bonchev–Trinajstić information content (AvgIpc) is 2.34.